The Bertz CT molecular complexity index is 323. The smallest absolute Gasteiger partial charge is 0.140 e. The third-order valence-electron chi connectivity index (χ3n) is 2.15. The predicted octanol–water partition coefficient (Wildman–Crippen LogP) is 2.71. The van der Waals surface area contributed by atoms with Crippen LogP contribution < -0.4 is 5.73 Å². The topological polar surface area (TPSA) is 26.0 Å². The van der Waals surface area contributed by atoms with Crippen LogP contribution in [0.2, 0.25) is 0 Å². The molecule has 0 aromatic heterocycles. The molecular formula is C10H13BrFN. The Balaban J connectivity index is 3.24. The van der Waals surface area contributed by atoms with Gasteiger partial charge in [-0.1, -0.05) is 6.07 Å². The maximum absolute atomic E-state index is 13.5. The predicted molar refractivity (Wildman–Crippen MR) is 56.3 cm³/mol. The fourth-order valence-corrected chi connectivity index (χ4v) is 1.74. The molecule has 0 aliphatic heterocycles. The van der Waals surface area contributed by atoms with Crippen molar-refractivity contribution in [1.29, 1.82) is 0 Å². The molecule has 13 heavy (non-hydrogen) atoms. The van der Waals surface area contributed by atoms with Gasteiger partial charge in [0.2, 0.25) is 0 Å². The second kappa shape index (κ2) is 4.20. The van der Waals surface area contributed by atoms with E-state index in [0.29, 0.717) is 16.6 Å². The first-order chi connectivity index (χ1) is 6.07. The van der Waals surface area contributed by atoms with E-state index in [2.05, 4.69) is 15.9 Å². The molecule has 3 heteroatoms. The average Bonchev–Trinajstić information content (AvgIpc) is 2.11. The lowest BCUT2D eigenvalue weighted by molar-refractivity contribution is 0.607. The molecule has 0 atom stereocenters. The zero-order valence-electron chi connectivity index (χ0n) is 7.82. The standard InChI is InChI=1S/C10H13BrFN/c1-6-5-8(3-4-13)7(2)10(12)9(6)11/h5H,3-4,13H2,1-2H3. The molecule has 0 saturated carbocycles. The first-order valence-electron chi connectivity index (χ1n) is 4.22. The van der Waals surface area contributed by atoms with E-state index in [0.717, 1.165) is 17.5 Å². The first-order valence-corrected chi connectivity index (χ1v) is 5.01. The Morgan fingerprint density at radius 1 is 1.46 bits per heavy atom. The summed E-state index contributed by atoms with van der Waals surface area (Å²) >= 11 is 3.21. The SMILES string of the molecule is Cc1cc(CCN)c(C)c(F)c1Br. The lowest BCUT2D eigenvalue weighted by atomic mass is 10.0. The molecule has 0 saturated heterocycles. The van der Waals surface area contributed by atoms with Crippen LogP contribution in [0.3, 0.4) is 0 Å². The van der Waals surface area contributed by atoms with Crippen molar-refractivity contribution < 1.29 is 4.39 Å². The van der Waals surface area contributed by atoms with Gasteiger partial charge in [0.15, 0.2) is 0 Å². The van der Waals surface area contributed by atoms with Gasteiger partial charge in [0.05, 0.1) is 4.47 Å². The van der Waals surface area contributed by atoms with Gasteiger partial charge >= 0.3 is 0 Å². The van der Waals surface area contributed by atoms with E-state index in [1.54, 1.807) is 6.92 Å². The highest BCUT2D eigenvalue weighted by molar-refractivity contribution is 9.10. The lowest BCUT2D eigenvalue weighted by Crippen LogP contribution is -2.06. The lowest BCUT2D eigenvalue weighted by Gasteiger charge is -2.09. The Hall–Kier alpha value is -0.410. The molecule has 0 aliphatic carbocycles. The summed E-state index contributed by atoms with van der Waals surface area (Å²) in [6.07, 6.45) is 0.733. The number of nitrogens with two attached hydrogens (primary N) is 1. The third-order valence-corrected chi connectivity index (χ3v) is 3.13. The van der Waals surface area contributed by atoms with Gasteiger partial charge in [-0.05, 0) is 59.4 Å². The van der Waals surface area contributed by atoms with Crippen LogP contribution in [-0.4, -0.2) is 6.54 Å². The minimum Gasteiger partial charge on any atom is -0.330 e. The van der Waals surface area contributed by atoms with Crippen LogP contribution in [0.1, 0.15) is 16.7 Å². The number of aryl methyl sites for hydroxylation is 1. The molecule has 0 heterocycles. The Morgan fingerprint density at radius 2 is 2.08 bits per heavy atom. The highest BCUT2D eigenvalue weighted by Crippen LogP contribution is 2.25. The minimum atomic E-state index is -0.163. The number of rotatable bonds is 2. The van der Waals surface area contributed by atoms with E-state index in [-0.39, 0.29) is 5.82 Å². The maximum atomic E-state index is 13.5. The molecule has 1 rings (SSSR count). The van der Waals surface area contributed by atoms with E-state index in [1.807, 2.05) is 13.0 Å². The zero-order chi connectivity index (χ0) is 10.0. The summed E-state index contributed by atoms with van der Waals surface area (Å²) in [5, 5.41) is 0. The highest BCUT2D eigenvalue weighted by atomic mass is 79.9. The van der Waals surface area contributed by atoms with Crippen LogP contribution in [0.25, 0.3) is 0 Å². The van der Waals surface area contributed by atoms with Gasteiger partial charge in [-0.25, -0.2) is 4.39 Å². The van der Waals surface area contributed by atoms with Crippen molar-refractivity contribution in [2.75, 3.05) is 6.54 Å². The van der Waals surface area contributed by atoms with Gasteiger partial charge in [-0.15, -0.1) is 0 Å². The molecule has 72 valence electrons. The summed E-state index contributed by atoms with van der Waals surface area (Å²) in [5.41, 5.74) is 8.05. The van der Waals surface area contributed by atoms with Crippen LogP contribution in [-0.2, 0) is 6.42 Å². The number of benzene rings is 1. The Kier molecular flexibility index (Phi) is 3.45. The minimum absolute atomic E-state index is 0.163. The quantitative estimate of drug-likeness (QED) is 0.853. The van der Waals surface area contributed by atoms with Gasteiger partial charge in [-0.2, -0.15) is 0 Å². The molecule has 0 spiro atoms. The monoisotopic (exact) mass is 245 g/mol. The van der Waals surface area contributed by atoms with Crippen LogP contribution >= 0.6 is 15.9 Å². The van der Waals surface area contributed by atoms with Crippen molar-refractivity contribution in [1.82, 2.24) is 0 Å². The van der Waals surface area contributed by atoms with E-state index in [4.69, 9.17) is 5.73 Å². The summed E-state index contributed by atoms with van der Waals surface area (Å²) in [5.74, 6) is -0.163. The van der Waals surface area contributed by atoms with E-state index >= 15 is 0 Å². The van der Waals surface area contributed by atoms with Crippen molar-refractivity contribution in [3.05, 3.63) is 33.0 Å². The van der Waals surface area contributed by atoms with Crippen LogP contribution in [0, 0.1) is 19.7 Å². The van der Waals surface area contributed by atoms with Gasteiger partial charge in [0.25, 0.3) is 0 Å². The van der Waals surface area contributed by atoms with Crippen molar-refractivity contribution in [2.45, 2.75) is 20.3 Å². The summed E-state index contributed by atoms with van der Waals surface area (Å²) in [6.45, 7) is 4.22. The zero-order valence-corrected chi connectivity index (χ0v) is 9.41. The van der Waals surface area contributed by atoms with Gasteiger partial charge in [-0.3, -0.25) is 0 Å². The van der Waals surface area contributed by atoms with Gasteiger partial charge in [0.1, 0.15) is 5.82 Å². The van der Waals surface area contributed by atoms with Crippen LogP contribution in [0.5, 0.6) is 0 Å². The fourth-order valence-electron chi connectivity index (χ4n) is 1.33. The molecule has 1 aromatic rings. The maximum Gasteiger partial charge on any atom is 0.140 e. The molecule has 0 radical (unpaired) electrons. The molecule has 0 aliphatic rings. The Labute approximate surface area is 86.3 Å². The molecule has 2 N–H and O–H groups in total. The van der Waals surface area contributed by atoms with Crippen molar-refractivity contribution >= 4 is 15.9 Å². The van der Waals surface area contributed by atoms with Crippen LogP contribution in [0.15, 0.2) is 10.5 Å². The number of hydrogen-bond donors (Lipinski definition) is 1. The first kappa shape index (κ1) is 10.7. The molecule has 1 aromatic carbocycles. The average molecular weight is 246 g/mol. The second-order valence-corrected chi connectivity index (χ2v) is 3.94. The van der Waals surface area contributed by atoms with Crippen molar-refractivity contribution in [3.63, 3.8) is 0 Å². The van der Waals surface area contributed by atoms with Gasteiger partial charge < -0.3 is 5.73 Å². The summed E-state index contributed by atoms with van der Waals surface area (Å²) in [7, 11) is 0. The van der Waals surface area contributed by atoms with E-state index in [9.17, 15) is 4.39 Å². The molecule has 1 nitrogen and oxygen atoms in total. The largest absolute Gasteiger partial charge is 0.330 e. The van der Waals surface area contributed by atoms with Crippen molar-refractivity contribution in [2.24, 2.45) is 5.73 Å². The Morgan fingerprint density at radius 3 is 2.62 bits per heavy atom. The molecule has 0 amide bonds. The number of halogens is 2. The summed E-state index contributed by atoms with van der Waals surface area (Å²) < 4.78 is 14.0. The van der Waals surface area contributed by atoms with Crippen LogP contribution in [0.4, 0.5) is 4.39 Å². The molecule has 0 fully saturated rings. The van der Waals surface area contributed by atoms with E-state index in [1.165, 1.54) is 0 Å². The number of hydrogen-bond acceptors (Lipinski definition) is 1. The molecular weight excluding hydrogens is 233 g/mol. The summed E-state index contributed by atoms with van der Waals surface area (Å²) in [4.78, 5) is 0. The van der Waals surface area contributed by atoms with Crippen molar-refractivity contribution in [3.8, 4) is 0 Å². The second-order valence-electron chi connectivity index (χ2n) is 3.14. The highest BCUT2D eigenvalue weighted by Gasteiger charge is 2.10. The fraction of sp³-hybridized carbons (Fsp3) is 0.400. The van der Waals surface area contributed by atoms with E-state index < -0.39 is 0 Å². The normalized spacial score (nSPS) is 10.5. The van der Waals surface area contributed by atoms with Gasteiger partial charge in [0, 0.05) is 0 Å². The third kappa shape index (κ3) is 2.09. The molecule has 0 unspecified atom stereocenters. The molecule has 0 bridgehead atoms. The summed E-state index contributed by atoms with van der Waals surface area (Å²) in [6, 6.07) is 1.98.